The van der Waals surface area contributed by atoms with Gasteiger partial charge in [0, 0.05) is 10.3 Å². The molecule has 1 aromatic rings. The highest BCUT2D eigenvalue weighted by atomic mass is 79.9. The zero-order chi connectivity index (χ0) is 9.31. The molecule has 1 aliphatic heterocycles. The van der Waals surface area contributed by atoms with Crippen LogP contribution in [0.4, 0.5) is 0 Å². The Kier molecular flexibility index (Phi) is 2.77. The maximum atomic E-state index is 3.53. The Balaban J connectivity index is 2.22. The molecule has 0 spiro atoms. The van der Waals surface area contributed by atoms with Crippen LogP contribution in [-0.2, 0) is 5.41 Å². The van der Waals surface area contributed by atoms with Crippen LogP contribution in [0.5, 0.6) is 0 Å². The molecule has 1 aliphatic rings. The quantitative estimate of drug-likeness (QED) is 0.817. The smallest absolute Gasteiger partial charge is 0.0701 e. The molecule has 1 fully saturated rings. The highest BCUT2D eigenvalue weighted by molar-refractivity contribution is 9.11. The van der Waals surface area contributed by atoms with Gasteiger partial charge in [-0.2, -0.15) is 0 Å². The molecular formula is C10H14BrNS. The second kappa shape index (κ2) is 3.71. The van der Waals surface area contributed by atoms with Gasteiger partial charge in [0.1, 0.15) is 0 Å². The van der Waals surface area contributed by atoms with Gasteiger partial charge in [0.15, 0.2) is 0 Å². The Hall–Kier alpha value is 0.140. The molecule has 13 heavy (non-hydrogen) atoms. The van der Waals surface area contributed by atoms with Crippen LogP contribution >= 0.6 is 27.3 Å². The Morgan fingerprint density at radius 1 is 1.38 bits per heavy atom. The van der Waals surface area contributed by atoms with Crippen molar-refractivity contribution >= 4 is 27.3 Å². The summed E-state index contributed by atoms with van der Waals surface area (Å²) in [6.07, 6.45) is 2.53. The van der Waals surface area contributed by atoms with E-state index >= 15 is 0 Å². The Labute approximate surface area is 91.7 Å². The van der Waals surface area contributed by atoms with E-state index in [9.17, 15) is 0 Å². The fourth-order valence-corrected chi connectivity index (χ4v) is 3.45. The summed E-state index contributed by atoms with van der Waals surface area (Å²) < 4.78 is 1.25. The van der Waals surface area contributed by atoms with Crippen molar-refractivity contribution in [3.63, 3.8) is 0 Å². The van der Waals surface area contributed by atoms with Crippen molar-refractivity contribution in [2.45, 2.75) is 25.2 Å². The first kappa shape index (κ1) is 9.69. The number of thiophene rings is 1. The fourth-order valence-electron chi connectivity index (χ4n) is 1.86. The number of rotatable bonds is 1. The van der Waals surface area contributed by atoms with E-state index in [0.29, 0.717) is 5.41 Å². The summed E-state index contributed by atoms with van der Waals surface area (Å²) in [5.74, 6) is 0. The number of hydrogen-bond donors (Lipinski definition) is 1. The zero-order valence-electron chi connectivity index (χ0n) is 7.77. The van der Waals surface area contributed by atoms with Crippen molar-refractivity contribution in [1.29, 1.82) is 0 Å². The second-order valence-corrected chi connectivity index (χ2v) is 6.38. The molecule has 1 aromatic heterocycles. The van der Waals surface area contributed by atoms with Crippen molar-refractivity contribution in [3.8, 4) is 0 Å². The molecule has 1 nitrogen and oxygen atoms in total. The monoisotopic (exact) mass is 259 g/mol. The van der Waals surface area contributed by atoms with Crippen LogP contribution < -0.4 is 5.32 Å². The summed E-state index contributed by atoms with van der Waals surface area (Å²) in [6, 6.07) is 4.42. The van der Waals surface area contributed by atoms with E-state index in [1.165, 1.54) is 21.5 Å². The maximum absolute atomic E-state index is 3.53. The first-order valence-corrected chi connectivity index (χ1v) is 6.28. The van der Waals surface area contributed by atoms with Crippen LogP contribution in [0.1, 0.15) is 24.6 Å². The summed E-state index contributed by atoms with van der Waals surface area (Å²) in [4.78, 5) is 1.53. The minimum atomic E-state index is 0.419. The molecule has 1 N–H and O–H groups in total. The number of halogens is 1. The highest BCUT2D eigenvalue weighted by Gasteiger charge is 2.29. The van der Waals surface area contributed by atoms with Gasteiger partial charge in [0.2, 0.25) is 0 Å². The fraction of sp³-hybridized carbons (Fsp3) is 0.600. The van der Waals surface area contributed by atoms with Crippen LogP contribution in [0.15, 0.2) is 15.9 Å². The van der Waals surface area contributed by atoms with Crippen molar-refractivity contribution in [2.24, 2.45) is 0 Å². The van der Waals surface area contributed by atoms with Crippen LogP contribution in [-0.4, -0.2) is 13.1 Å². The average Bonchev–Trinajstić information content (AvgIpc) is 2.54. The summed E-state index contributed by atoms with van der Waals surface area (Å²) in [5, 5.41) is 3.41. The van der Waals surface area contributed by atoms with Gasteiger partial charge in [-0.15, -0.1) is 11.3 Å². The van der Waals surface area contributed by atoms with E-state index in [-0.39, 0.29) is 0 Å². The number of piperidine rings is 1. The lowest BCUT2D eigenvalue weighted by Gasteiger charge is -2.33. The molecule has 0 unspecified atom stereocenters. The third-order valence-electron chi connectivity index (χ3n) is 2.88. The lowest BCUT2D eigenvalue weighted by molar-refractivity contribution is 0.341. The molecular weight excluding hydrogens is 246 g/mol. The molecule has 72 valence electrons. The van der Waals surface area contributed by atoms with E-state index in [2.05, 4.69) is 40.3 Å². The third-order valence-corrected chi connectivity index (χ3v) is 4.80. The molecule has 0 aromatic carbocycles. The van der Waals surface area contributed by atoms with E-state index in [4.69, 9.17) is 0 Å². The van der Waals surface area contributed by atoms with Gasteiger partial charge in [0.05, 0.1) is 3.79 Å². The van der Waals surface area contributed by atoms with E-state index in [0.717, 1.165) is 13.1 Å². The van der Waals surface area contributed by atoms with Gasteiger partial charge in [-0.25, -0.2) is 0 Å². The zero-order valence-corrected chi connectivity index (χ0v) is 10.2. The SMILES string of the molecule is CC1(c2ccc(Br)s2)CCNCC1. The summed E-state index contributed by atoms with van der Waals surface area (Å²) >= 11 is 5.41. The standard InChI is InChI=1S/C10H14BrNS/c1-10(4-6-12-7-5-10)8-2-3-9(11)13-8/h2-3,12H,4-7H2,1H3. The summed E-state index contributed by atoms with van der Waals surface area (Å²) in [6.45, 7) is 4.70. The Morgan fingerprint density at radius 3 is 2.62 bits per heavy atom. The second-order valence-electron chi connectivity index (χ2n) is 3.91. The Bertz CT molecular complexity index is 289. The van der Waals surface area contributed by atoms with Gasteiger partial charge in [0.25, 0.3) is 0 Å². The highest BCUT2D eigenvalue weighted by Crippen LogP contribution is 2.38. The molecule has 3 heteroatoms. The van der Waals surface area contributed by atoms with Gasteiger partial charge >= 0.3 is 0 Å². The van der Waals surface area contributed by atoms with Crippen molar-refractivity contribution in [3.05, 3.63) is 20.8 Å². The van der Waals surface area contributed by atoms with E-state index in [1.807, 2.05) is 11.3 Å². The molecule has 0 atom stereocenters. The van der Waals surface area contributed by atoms with Gasteiger partial charge in [-0.3, -0.25) is 0 Å². The predicted octanol–water partition coefficient (Wildman–Crippen LogP) is 3.15. The summed E-state index contributed by atoms with van der Waals surface area (Å²) in [5.41, 5.74) is 0.419. The topological polar surface area (TPSA) is 12.0 Å². The first-order chi connectivity index (χ1) is 6.21. The molecule has 0 amide bonds. The molecule has 2 rings (SSSR count). The minimum Gasteiger partial charge on any atom is -0.317 e. The lowest BCUT2D eigenvalue weighted by Crippen LogP contribution is -2.37. The predicted molar refractivity (Wildman–Crippen MR) is 61.5 cm³/mol. The van der Waals surface area contributed by atoms with Crippen molar-refractivity contribution in [1.82, 2.24) is 5.32 Å². The molecule has 2 heterocycles. The number of nitrogens with one attached hydrogen (secondary N) is 1. The van der Waals surface area contributed by atoms with Crippen LogP contribution in [0, 0.1) is 0 Å². The van der Waals surface area contributed by atoms with Gasteiger partial charge in [-0.1, -0.05) is 6.92 Å². The Morgan fingerprint density at radius 2 is 2.08 bits per heavy atom. The largest absolute Gasteiger partial charge is 0.317 e. The first-order valence-electron chi connectivity index (χ1n) is 4.67. The van der Waals surface area contributed by atoms with Crippen LogP contribution in [0.25, 0.3) is 0 Å². The van der Waals surface area contributed by atoms with E-state index in [1.54, 1.807) is 0 Å². The summed E-state index contributed by atoms with van der Waals surface area (Å²) in [7, 11) is 0. The van der Waals surface area contributed by atoms with Crippen molar-refractivity contribution in [2.75, 3.05) is 13.1 Å². The van der Waals surface area contributed by atoms with E-state index < -0.39 is 0 Å². The minimum absolute atomic E-state index is 0.419. The lowest BCUT2D eigenvalue weighted by atomic mass is 9.80. The maximum Gasteiger partial charge on any atom is 0.0701 e. The molecule has 0 bridgehead atoms. The molecule has 1 saturated heterocycles. The van der Waals surface area contributed by atoms with Crippen molar-refractivity contribution < 1.29 is 0 Å². The van der Waals surface area contributed by atoms with Crippen LogP contribution in [0.2, 0.25) is 0 Å². The van der Waals surface area contributed by atoms with Gasteiger partial charge in [-0.05, 0) is 54.0 Å². The molecule has 0 radical (unpaired) electrons. The van der Waals surface area contributed by atoms with Crippen LogP contribution in [0.3, 0.4) is 0 Å². The van der Waals surface area contributed by atoms with Gasteiger partial charge < -0.3 is 5.32 Å². The number of hydrogen-bond acceptors (Lipinski definition) is 2. The molecule has 0 saturated carbocycles. The molecule has 0 aliphatic carbocycles. The average molecular weight is 260 g/mol. The third kappa shape index (κ3) is 1.97. The normalized spacial score (nSPS) is 21.7.